The van der Waals surface area contributed by atoms with Gasteiger partial charge >= 0.3 is 0 Å². The van der Waals surface area contributed by atoms with Crippen LogP contribution in [0, 0.1) is 13.8 Å². The smallest absolute Gasteiger partial charge is 0.00130 e. The van der Waals surface area contributed by atoms with Gasteiger partial charge in [0.15, 0.2) is 0 Å². The molecule has 0 nitrogen and oxygen atoms in total. The monoisotopic (exact) mass is 562 g/mol. The SMILES string of the molecule is Cc1ccc(P(c2ccccc2)c2ccc3c(c2)Cc2cc(P(c4ccccc4)c4ccc(C)cc4)ccc2-3)cc1. The van der Waals surface area contributed by atoms with Crippen molar-refractivity contribution in [1.82, 2.24) is 0 Å². The fourth-order valence-electron chi connectivity index (χ4n) is 5.90. The van der Waals surface area contributed by atoms with Crippen molar-refractivity contribution in [2.75, 3.05) is 0 Å². The lowest BCUT2D eigenvalue weighted by Crippen LogP contribution is -2.21. The first kappa shape index (κ1) is 26.1. The van der Waals surface area contributed by atoms with Gasteiger partial charge in [-0.3, -0.25) is 0 Å². The molecular formula is C39H32P2. The molecule has 0 saturated carbocycles. The predicted octanol–water partition coefficient (Wildman–Crippen LogP) is 7.39. The summed E-state index contributed by atoms with van der Waals surface area (Å²) in [5, 5.41) is 8.45. The van der Waals surface area contributed by atoms with Gasteiger partial charge in [0.2, 0.25) is 0 Å². The summed E-state index contributed by atoms with van der Waals surface area (Å²) in [6.45, 7) is 4.33. The Balaban J connectivity index is 1.27. The van der Waals surface area contributed by atoms with Crippen LogP contribution in [0.3, 0.4) is 0 Å². The molecule has 1 aliphatic rings. The van der Waals surface area contributed by atoms with Crippen LogP contribution in [0.5, 0.6) is 0 Å². The van der Waals surface area contributed by atoms with Crippen molar-refractivity contribution < 1.29 is 0 Å². The molecule has 0 amide bonds. The van der Waals surface area contributed by atoms with E-state index in [0.29, 0.717) is 0 Å². The topological polar surface area (TPSA) is 0 Å². The third-order valence-electron chi connectivity index (χ3n) is 7.98. The Kier molecular flexibility index (Phi) is 7.14. The summed E-state index contributed by atoms with van der Waals surface area (Å²) in [6.07, 6.45) is 0.990. The molecule has 2 unspecified atom stereocenters. The molecule has 1 aliphatic carbocycles. The second-order valence-electron chi connectivity index (χ2n) is 10.9. The Labute approximate surface area is 246 Å². The first-order valence-electron chi connectivity index (χ1n) is 14.2. The number of aryl methyl sites for hydroxylation is 2. The second-order valence-corrected chi connectivity index (χ2v) is 15.3. The van der Waals surface area contributed by atoms with Crippen molar-refractivity contribution in [3.05, 3.63) is 168 Å². The Morgan fingerprint density at radius 1 is 0.366 bits per heavy atom. The fourth-order valence-corrected chi connectivity index (χ4v) is 10.5. The zero-order valence-electron chi connectivity index (χ0n) is 23.5. The largest absolute Gasteiger partial charge is 0.0622 e. The average Bonchev–Trinajstić information content (AvgIpc) is 3.38. The van der Waals surface area contributed by atoms with Gasteiger partial charge in [0.1, 0.15) is 0 Å². The molecule has 0 radical (unpaired) electrons. The van der Waals surface area contributed by atoms with Crippen LogP contribution >= 0.6 is 15.8 Å². The predicted molar refractivity (Wildman–Crippen MR) is 182 cm³/mol. The van der Waals surface area contributed by atoms with Crippen molar-refractivity contribution in [2.24, 2.45) is 0 Å². The number of hydrogen-bond acceptors (Lipinski definition) is 0. The molecule has 2 heteroatoms. The zero-order chi connectivity index (χ0) is 27.8. The van der Waals surface area contributed by atoms with Gasteiger partial charge in [0.25, 0.3) is 0 Å². The number of benzene rings is 6. The lowest BCUT2D eigenvalue weighted by atomic mass is 10.1. The van der Waals surface area contributed by atoms with Gasteiger partial charge in [0, 0.05) is 0 Å². The molecule has 6 aromatic carbocycles. The van der Waals surface area contributed by atoms with E-state index in [1.54, 1.807) is 0 Å². The number of fused-ring (bicyclic) bond motifs is 3. The van der Waals surface area contributed by atoms with Gasteiger partial charge in [0.05, 0.1) is 0 Å². The highest BCUT2D eigenvalue weighted by Crippen LogP contribution is 2.41. The summed E-state index contributed by atoms with van der Waals surface area (Å²) in [5.41, 5.74) is 8.29. The van der Waals surface area contributed by atoms with E-state index in [2.05, 4.69) is 159 Å². The van der Waals surface area contributed by atoms with E-state index < -0.39 is 15.8 Å². The van der Waals surface area contributed by atoms with Crippen LogP contribution in [0.15, 0.2) is 146 Å². The quantitative estimate of drug-likeness (QED) is 0.186. The molecule has 0 saturated heterocycles. The van der Waals surface area contributed by atoms with Crippen LogP contribution in [0.1, 0.15) is 22.3 Å². The first-order valence-corrected chi connectivity index (χ1v) is 16.9. The first-order chi connectivity index (χ1) is 20.1. The van der Waals surface area contributed by atoms with Gasteiger partial charge < -0.3 is 0 Å². The normalized spacial score (nSPS) is 13.3. The summed E-state index contributed by atoms with van der Waals surface area (Å²) in [7, 11) is -1.24. The van der Waals surface area contributed by atoms with E-state index in [1.165, 1.54) is 65.2 Å². The van der Waals surface area contributed by atoms with E-state index in [4.69, 9.17) is 0 Å². The lowest BCUT2D eigenvalue weighted by Gasteiger charge is -2.20. The standard InChI is InChI=1S/C39H32P2/c1-28-13-17-34(18-14-28)40(32-9-5-3-6-10-32)36-21-23-38-30(26-36)25-31-27-37(22-24-39(31)38)41(33-11-7-4-8-12-33)35-19-15-29(2)16-20-35/h3-24,26-27H,25H2,1-2H3. The summed E-state index contributed by atoms with van der Waals surface area (Å²) in [5.74, 6) is 0. The molecule has 0 fully saturated rings. The molecule has 0 aromatic heterocycles. The molecule has 41 heavy (non-hydrogen) atoms. The van der Waals surface area contributed by atoms with Gasteiger partial charge in [-0.05, 0) is 102 Å². The van der Waals surface area contributed by atoms with Crippen LogP contribution in [-0.2, 0) is 6.42 Å². The average molecular weight is 563 g/mol. The van der Waals surface area contributed by atoms with E-state index in [-0.39, 0.29) is 0 Å². The molecular weight excluding hydrogens is 530 g/mol. The van der Waals surface area contributed by atoms with Gasteiger partial charge in [-0.2, -0.15) is 0 Å². The molecule has 0 heterocycles. The maximum absolute atomic E-state index is 2.49. The molecule has 6 aromatic rings. The minimum Gasteiger partial charge on any atom is -0.0622 e. The lowest BCUT2D eigenvalue weighted by molar-refractivity contribution is 1.27. The van der Waals surface area contributed by atoms with Crippen LogP contribution in [-0.4, -0.2) is 0 Å². The molecule has 0 spiro atoms. The molecule has 0 N–H and O–H groups in total. The minimum atomic E-state index is -0.618. The minimum absolute atomic E-state index is 0.618. The molecule has 0 aliphatic heterocycles. The molecule has 7 rings (SSSR count). The maximum Gasteiger partial charge on any atom is -0.00130 e. The summed E-state index contributed by atoms with van der Waals surface area (Å²) in [6, 6.07) is 54.8. The van der Waals surface area contributed by atoms with Crippen molar-refractivity contribution in [3.8, 4) is 11.1 Å². The zero-order valence-corrected chi connectivity index (χ0v) is 25.2. The van der Waals surface area contributed by atoms with Crippen LogP contribution in [0.4, 0.5) is 0 Å². The van der Waals surface area contributed by atoms with Crippen molar-refractivity contribution in [2.45, 2.75) is 20.3 Å². The highest BCUT2D eigenvalue weighted by molar-refractivity contribution is 7.80. The highest BCUT2D eigenvalue weighted by Gasteiger charge is 2.25. The Bertz CT molecular complexity index is 1670. The van der Waals surface area contributed by atoms with Gasteiger partial charge in [-0.25, -0.2) is 0 Å². The summed E-state index contributed by atoms with van der Waals surface area (Å²) < 4.78 is 0. The molecule has 2 atom stereocenters. The molecule has 198 valence electrons. The van der Waals surface area contributed by atoms with E-state index >= 15 is 0 Å². The van der Waals surface area contributed by atoms with E-state index in [0.717, 1.165) is 6.42 Å². The second kappa shape index (κ2) is 11.2. The van der Waals surface area contributed by atoms with E-state index in [9.17, 15) is 0 Å². The van der Waals surface area contributed by atoms with Crippen molar-refractivity contribution >= 4 is 47.7 Å². The van der Waals surface area contributed by atoms with Crippen LogP contribution < -0.4 is 31.8 Å². The summed E-state index contributed by atoms with van der Waals surface area (Å²) in [4.78, 5) is 0. The van der Waals surface area contributed by atoms with Gasteiger partial charge in [-0.1, -0.05) is 145 Å². The fraction of sp³-hybridized carbons (Fsp3) is 0.0769. The third-order valence-corrected chi connectivity index (χ3v) is 12.8. The Hall–Kier alpha value is -3.82. The van der Waals surface area contributed by atoms with Crippen LogP contribution in [0.25, 0.3) is 11.1 Å². The number of hydrogen-bond donors (Lipinski definition) is 0. The van der Waals surface area contributed by atoms with Crippen molar-refractivity contribution in [1.29, 1.82) is 0 Å². The summed E-state index contributed by atoms with van der Waals surface area (Å²) >= 11 is 0. The number of rotatable bonds is 6. The van der Waals surface area contributed by atoms with Crippen molar-refractivity contribution in [3.63, 3.8) is 0 Å². The Morgan fingerprint density at radius 2 is 0.707 bits per heavy atom. The third kappa shape index (κ3) is 5.20. The molecule has 0 bridgehead atoms. The maximum atomic E-state index is 2.49. The van der Waals surface area contributed by atoms with E-state index in [1.807, 2.05) is 0 Å². The van der Waals surface area contributed by atoms with Gasteiger partial charge in [-0.15, -0.1) is 0 Å². The van der Waals surface area contributed by atoms with Crippen LogP contribution in [0.2, 0.25) is 0 Å². The Morgan fingerprint density at radius 3 is 1.10 bits per heavy atom. The highest BCUT2D eigenvalue weighted by atomic mass is 31.1.